The van der Waals surface area contributed by atoms with Crippen LogP contribution < -0.4 is 15.0 Å². The maximum atomic E-state index is 5.86. The van der Waals surface area contributed by atoms with Crippen LogP contribution in [0.4, 0.5) is 5.82 Å². The number of pyridine rings is 1. The molecule has 2 atom stereocenters. The molecule has 2 aliphatic rings. The molecule has 4 heteroatoms. The molecule has 3 heterocycles. The first-order chi connectivity index (χ1) is 8.74. The van der Waals surface area contributed by atoms with E-state index in [0.717, 1.165) is 49.6 Å². The van der Waals surface area contributed by atoms with E-state index in [4.69, 9.17) is 4.74 Å². The fraction of sp³-hybridized carbons (Fsp3) is 0.643. The topological polar surface area (TPSA) is 37.4 Å². The minimum absolute atomic E-state index is 0.191. The fourth-order valence-electron chi connectivity index (χ4n) is 2.99. The second kappa shape index (κ2) is 4.76. The Labute approximate surface area is 108 Å². The standard InChI is InChI=1S/C14H21N3O/c1-10(2)18-13-4-3-5-16-14(13)17-8-11-6-15-7-12(11)9-17/h3-5,10-12,15H,6-9H2,1-2H3. The van der Waals surface area contributed by atoms with Crippen molar-refractivity contribution in [1.82, 2.24) is 10.3 Å². The van der Waals surface area contributed by atoms with Gasteiger partial charge >= 0.3 is 0 Å². The van der Waals surface area contributed by atoms with Gasteiger partial charge in [-0.15, -0.1) is 0 Å². The van der Waals surface area contributed by atoms with Crippen LogP contribution in [0.25, 0.3) is 0 Å². The molecule has 2 unspecified atom stereocenters. The Balaban J connectivity index is 1.80. The third-order valence-corrected chi connectivity index (χ3v) is 3.80. The highest BCUT2D eigenvalue weighted by Gasteiger charge is 2.37. The Morgan fingerprint density at radius 1 is 1.33 bits per heavy atom. The van der Waals surface area contributed by atoms with Crippen LogP contribution in [-0.2, 0) is 0 Å². The van der Waals surface area contributed by atoms with Gasteiger partial charge in [-0.1, -0.05) is 0 Å². The van der Waals surface area contributed by atoms with Gasteiger partial charge in [0.25, 0.3) is 0 Å². The summed E-state index contributed by atoms with van der Waals surface area (Å²) in [5.74, 6) is 3.49. The van der Waals surface area contributed by atoms with Crippen molar-refractivity contribution >= 4 is 5.82 Å². The lowest BCUT2D eigenvalue weighted by Crippen LogP contribution is -2.27. The largest absolute Gasteiger partial charge is 0.487 e. The Hall–Kier alpha value is -1.29. The normalized spacial score (nSPS) is 26.7. The molecule has 1 N–H and O–H groups in total. The summed E-state index contributed by atoms with van der Waals surface area (Å²) in [6.07, 6.45) is 2.05. The van der Waals surface area contributed by atoms with Crippen molar-refractivity contribution < 1.29 is 4.74 Å². The second-order valence-corrected chi connectivity index (χ2v) is 5.58. The quantitative estimate of drug-likeness (QED) is 0.879. The van der Waals surface area contributed by atoms with Crippen molar-refractivity contribution in [2.75, 3.05) is 31.1 Å². The van der Waals surface area contributed by atoms with Crippen molar-refractivity contribution in [1.29, 1.82) is 0 Å². The molecule has 0 amide bonds. The number of fused-ring (bicyclic) bond motifs is 1. The first-order valence-electron chi connectivity index (χ1n) is 6.81. The lowest BCUT2D eigenvalue weighted by Gasteiger charge is -2.22. The van der Waals surface area contributed by atoms with E-state index in [1.807, 2.05) is 18.3 Å². The summed E-state index contributed by atoms with van der Waals surface area (Å²) in [6, 6.07) is 3.97. The molecule has 2 fully saturated rings. The van der Waals surface area contributed by atoms with E-state index in [9.17, 15) is 0 Å². The third kappa shape index (κ3) is 2.17. The Bertz CT molecular complexity index is 409. The molecule has 0 bridgehead atoms. The average Bonchev–Trinajstić information content (AvgIpc) is 2.89. The summed E-state index contributed by atoms with van der Waals surface area (Å²) in [4.78, 5) is 6.90. The van der Waals surface area contributed by atoms with E-state index in [0.29, 0.717) is 0 Å². The number of nitrogens with zero attached hydrogens (tertiary/aromatic N) is 2. The Morgan fingerprint density at radius 2 is 2.06 bits per heavy atom. The van der Waals surface area contributed by atoms with Gasteiger partial charge in [0.15, 0.2) is 11.6 Å². The van der Waals surface area contributed by atoms with Crippen molar-refractivity contribution in [3.05, 3.63) is 18.3 Å². The molecule has 0 aliphatic carbocycles. The van der Waals surface area contributed by atoms with Gasteiger partial charge in [-0.05, 0) is 37.8 Å². The summed E-state index contributed by atoms with van der Waals surface area (Å²) >= 11 is 0. The van der Waals surface area contributed by atoms with E-state index < -0.39 is 0 Å². The highest BCUT2D eigenvalue weighted by Crippen LogP contribution is 2.34. The molecular formula is C14H21N3O. The van der Waals surface area contributed by atoms with Gasteiger partial charge in [0.2, 0.25) is 0 Å². The van der Waals surface area contributed by atoms with Crippen molar-refractivity contribution in [2.45, 2.75) is 20.0 Å². The van der Waals surface area contributed by atoms with E-state index in [2.05, 4.69) is 29.0 Å². The number of aromatic nitrogens is 1. The molecule has 1 aromatic rings. The zero-order valence-corrected chi connectivity index (χ0v) is 11.1. The fourth-order valence-corrected chi connectivity index (χ4v) is 2.99. The molecule has 2 saturated heterocycles. The Kier molecular flexibility index (Phi) is 3.12. The van der Waals surface area contributed by atoms with Crippen molar-refractivity contribution in [2.24, 2.45) is 11.8 Å². The third-order valence-electron chi connectivity index (χ3n) is 3.80. The van der Waals surface area contributed by atoms with Gasteiger partial charge in [-0.2, -0.15) is 0 Å². The summed E-state index contributed by atoms with van der Waals surface area (Å²) < 4.78 is 5.86. The maximum Gasteiger partial charge on any atom is 0.171 e. The molecule has 0 saturated carbocycles. The minimum Gasteiger partial charge on any atom is -0.487 e. The molecule has 1 aromatic heterocycles. The maximum absolute atomic E-state index is 5.86. The summed E-state index contributed by atoms with van der Waals surface area (Å²) in [6.45, 7) is 8.61. The molecule has 0 spiro atoms. The summed E-state index contributed by atoms with van der Waals surface area (Å²) in [5, 5.41) is 3.46. The van der Waals surface area contributed by atoms with Crippen LogP contribution >= 0.6 is 0 Å². The molecule has 98 valence electrons. The number of ether oxygens (including phenoxy) is 1. The number of hydrogen-bond donors (Lipinski definition) is 1. The van der Waals surface area contributed by atoms with Crippen LogP contribution in [0, 0.1) is 11.8 Å². The zero-order chi connectivity index (χ0) is 12.5. The summed E-state index contributed by atoms with van der Waals surface area (Å²) in [5.41, 5.74) is 0. The molecule has 18 heavy (non-hydrogen) atoms. The van der Waals surface area contributed by atoms with Crippen molar-refractivity contribution in [3.8, 4) is 5.75 Å². The SMILES string of the molecule is CC(C)Oc1cccnc1N1CC2CNCC2C1. The van der Waals surface area contributed by atoms with Gasteiger partial charge in [0, 0.05) is 32.4 Å². The number of rotatable bonds is 3. The zero-order valence-electron chi connectivity index (χ0n) is 11.1. The van der Waals surface area contributed by atoms with E-state index >= 15 is 0 Å². The second-order valence-electron chi connectivity index (χ2n) is 5.58. The van der Waals surface area contributed by atoms with Gasteiger partial charge in [0.05, 0.1) is 6.10 Å². The highest BCUT2D eigenvalue weighted by atomic mass is 16.5. The number of hydrogen-bond acceptors (Lipinski definition) is 4. The molecular weight excluding hydrogens is 226 g/mol. The number of nitrogens with one attached hydrogen (secondary N) is 1. The molecule has 3 rings (SSSR count). The highest BCUT2D eigenvalue weighted by molar-refractivity contribution is 5.53. The van der Waals surface area contributed by atoms with Crippen LogP contribution in [0.5, 0.6) is 5.75 Å². The smallest absolute Gasteiger partial charge is 0.171 e. The van der Waals surface area contributed by atoms with Gasteiger partial charge in [0.1, 0.15) is 0 Å². The predicted molar refractivity (Wildman–Crippen MR) is 72.1 cm³/mol. The van der Waals surface area contributed by atoms with Crippen molar-refractivity contribution in [3.63, 3.8) is 0 Å². The first kappa shape index (κ1) is 11.8. The number of anilines is 1. The van der Waals surface area contributed by atoms with Crippen LogP contribution in [0.2, 0.25) is 0 Å². The van der Waals surface area contributed by atoms with Crippen LogP contribution in [0.1, 0.15) is 13.8 Å². The predicted octanol–water partition coefficient (Wildman–Crippen LogP) is 1.52. The summed E-state index contributed by atoms with van der Waals surface area (Å²) in [7, 11) is 0. The first-order valence-corrected chi connectivity index (χ1v) is 6.81. The monoisotopic (exact) mass is 247 g/mol. The van der Waals surface area contributed by atoms with E-state index in [1.54, 1.807) is 0 Å². The average molecular weight is 247 g/mol. The minimum atomic E-state index is 0.191. The van der Waals surface area contributed by atoms with Gasteiger partial charge in [-0.3, -0.25) is 0 Å². The molecule has 2 aliphatic heterocycles. The Morgan fingerprint density at radius 3 is 2.72 bits per heavy atom. The van der Waals surface area contributed by atoms with Crippen LogP contribution in [0.3, 0.4) is 0 Å². The van der Waals surface area contributed by atoms with Crippen LogP contribution in [-0.4, -0.2) is 37.3 Å². The molecule has 0 radical (unpaired) electrons. The van der Waals surface area contributed by atoms with Crippen LogP contribution in [0.15, 0.2) is 18.3 Å². The van der Waals surface area contributed by atoms with Gasteiger partial charge in [-0.25, -0.2) is 4.98 Å². The van der Waals surface area contributed by atoms with E-state index in [-0.39, 0.29) is 6.10 Å². The lowest BCUT2D eigenvalue weighted by molar-refractivity contribution is 0.242. The molecule has 0 aromatic carbocycles. The molecule has 4 nitrogen and oxygen atoms in total. The van der Waals surface area contributed by atoms with Gasteiger partial charge < -0.3 is 15.0 Å². The van der Waals surface area contributed by atoms with E-state index in [1.165, 1.54) is 0 Å². The lowest BCUT2D eigenvalue weighted by atomic mass is 10.0.